The lowest BCUT2D eigenvalue weighted by Gasteiger charge is -2.09. The van der Waals surface area contributed by atoms with Crippen LogP contribution in [0.2, 0.25) is 0 Å². The molecule has 2 aromatic heterocycles. The Hall–Kier alpha value is -3.07. The molecule has 29 heavy (non-hydrogen) atoms. The van der Waals surface area contributed by atoms with Crippen LogP contribution in [0, 0.1) is 5.82 Å². The van der Waals surface area contributed by atoms with Crippen LogP contribution in [0.15, 0.2) is 34.7 Å². The van der Waals surface area contributed by atoms with Crippen molar-refractivity contribution in [1.82, 2.24) is 9.55 Å². The molecule has 1 N–H and O–H groups in total. The molecule has 0 bridgehead atoms. The molecule has 3 aromatic rings. The average molecular weight is 415 g/mol. The van der Waals surface area contributed by atoms with Crippen molar-refractivity contribution >= 4 is 39.1 Å². The van der Waals surface area contributed by atoms with E-state index in [1.165, 1.54) is 29.8 Å². The molecule has 1 aliphatic carbocycles. The molecule has 150 valence electrons. The monoisotopic (exact) mass is 415 g/mol. The Balaban J connectivity index is 1.58. The van der Waals surface area contributed by atoms with Crippen molar-refractivity contribution in [3.05, 3.63) is 57.2 Å². The molecular formula is C20H18FN3O4S. The number of carbonyl (C=O) groups is 2. The summed E-state index contributed by atoms with van der Waals surface area (Å²) < 4.78 is 19.7. The average Bonchev–Trinajstić information content (AvgIpc) is 3.45. The molecule has 2 heterocycles. The van der Waals surface area contributed by atoms with Crippen molar-refractivity contribution in [2.45, 2.75) is 32.2 Å². The summed E-state index contributed by atoms with van der Waals surface area (Å²) in [7, 11) is 0. The highest BCUT2D eigenvalue weighted by atomic mass is 32.1. The molecule has 0 saturated heterocycles. The highest BCUT2D eigenvalue weighted by Gasteiger charge is 2.32. The van der Waals surface area contributed by atoms with Crippen LogP contribution in [0.4, 0.5) is 9.39 Å². The zero-order valence-electron chi connectivity index (χ0n) is 15.6. The number of hydrogen-bond donors (Lipinski definition) is 1. The predicted molar refractivity (Wildman–Crippen MR) is 107 cm³/mol. The van der Waals surface area contributed by atoms with E-state index in [0.29, 0.717) is 22.0 Å². The Morgan fingerprint density at radius 3 is 2.90 bits per heavy atom. The van der Waals surface area contributed by atoms with Crippen LogP contribution in [-0.2, 0) is 16.1 Å². The van der Waals surface area contributed by atoms with Crippen LogP contribution in [-0.4, -0.2) is 28.0 Å². The number of aromatic nitrogens is 2. The minimum Gasteiger partial charge on any atom is -0.462 e. The first-order chi connectivity index (χ1) is 14.0. The summed E-state index contributed by atoms with van der Waals surface area (Å²) in [6, 6.07) is 3.73. The minimum absolute atomic E-state index is 0.0969. The van der Waals surface area contributed by atoms with Gasteiger partial charge in [0.05, 0.1) is 29.4 Å². The van der Waals surface area contributed by atoms with E-state index in [0.717, 1.165) is 29.0 Å². The van der Waals surface area contributed by atoms with Gasteiger partial charge in [-0.25, -0.2) is 14.2 Å². The number of nitrogens with one attached hydrogen (secondary N) is 1. The zero-order chi connectivity index (χ0) is 20.5. The van der Waals surface area contributed by atoms with Gasteiger partial charge < -0.3 is 10.1 Å². The van der Waals surface area contributed by atoms with Crippen molar-refractivity contribution in [1.29, 1.82) is 0 Å². The number of carbonyl (C=O) groups excluding carboxylic acids is 2. The molecule has 7 nitrogen and oxygen atoms in total. The zero-order valence-corrected chi connectivity index (χ0v) is 16.4. The third-order valence-corrected chi connectivity index (χ3v) is 5.58. The van der Waals surface area contributed by atoms with Crippen molar-refractivity contribution in [3.8, 4) is 0 Å². The van der Waals surface area contributed by atoms with E-state index < -0.39 is 23.3 Å². The Kier molecular flexibility index (Phi) is 5.14. The molecule has 1 saturated carbocycles. The first-order valence-corrected chi connectivity index (χ1v) is 10.1. The molecular weight excluding hydrogens is 397 g/mol. The van der Waals surface area contributed by atoms with Gasteiger partial charge in [-0.2, -0.15) is 0 Å². The van der Waals surface area contributed by atoms with Gasteiger partial charge in [-0.1, -0.05) is 0 Å². The number of ether oxygens (including phenoxy) is 1. The van der Waals surface area contributed by atoms with Crippen LogP contribution in [0.5, 0.6) is 0 Å². The summed E-state index contributed by atoms with van der Waals surface area (Å²) in [6.07, 6.45) is 3.26. The van der Waals surface area contributed by atoms with E-state index >= 15 is 0 Å². The predicted octanol–water partition coefficient (Wildman–Crippen LogP) is 3.29. The van der Waals surface area contributed by atoms with Gasteiger partial charge in [0.1, 0.15) is 17.4 Å². The van der Waals surface area contributed by atoms with Gasteiger partial charge in [-0.05, 0) is 54.8 Å². The van der Waals surface area contributed by atoms with Crippen molar-refractivity contribution < 1.29 is 18.7 Å². The quantitative estimate of drug-likeness (QED) is 0.624. The lowest BCUT2D eigenvalue weighted by Crippen LogP contribution is -2.28. The number of rotatable bonds is 6. The number of anilines is 1. The normalized spacial score (nSPS) is 13.4. The number of esters is 1. The van der Waals surface area contributed by atoms with Crippen molar-refractivity contribution in [2.75, 3.05) is 11.9 Å². The number of nitrogens with zero attached hydrogens (tertiary/aromatic N) is 2. The number of thiophene rings is 1. The molecule has 1 amide bonds. The van der Waals surface area contributed by atoms with Gasteiger partial charge >= 0.3 is 5.97 Å². The lowest BCUT2D eigenvalue weighted by atomic mass is 10.1. The molecule has 0 unspecified atom stereocenters. The fourth-order valence-corrected chi connectivity index (χ4v) is 4.18. The van der Waals surface area contributed by atoms with Gasteiger partial charge in [0, 0.05) is 0 Å². The Morgan fingerprint density at radius 2 is 2.17 bits per heavy atom. The molecule has 9 heteroatoms. The Morgan fingerprint density at radius 1 is 1.38 bits per heavy atom. The van der Waals surface area contributed by atoms with Crippen LogP contribution in [0.1, 0.15) is 41.6 Å². The summed E-state index contributed by atoms with van der Waals surface area (Å²) in [4.78, 5) is 41.6. The van der Waals surface area contributed by atoms with Crippen LogP contribution in [0.25, 0.3) is 10.9 Å². The molecule has 4 rings (SSSR count). The van der Waals surface area contributed by atoms with E-state index in [2.05, 4.69) is 10.3 Å². The smallest absolute Gasteiger partial charge is 0.341 e. The first-order valence-electron chi connectivity index (χ1n) is 9.21. The highest BCUT2D eigenvalue weighted by Crippen LogP contribution is 2.46. The largest absolute Gasteiger partial charge is 0.462 e. The third-order valence-electron chi connectivity index (χ3n) is 4.67. The van der Waals surface area contributed by atoms with Gasteiger partial charge in [-0.3, -0.25) is 14.2 Å². The minimum atomic E-state index is -0.552. The molecule has 0 atom stereocenters. The van der Waals surface area contributed by atoms with Crippen LogP contribution < -0.4 is 10.9 Å². The molecule has 1 aliphatic rings. The van der Waals surface area contributed by atoms with Crippen LogP contribution >= 0.6 is 11.3 Å². The summed E-state index contributed by atoms with van der Waals surface area (Å²) in [6.45, 7) is 1.65. The molecule has 1 fully saturated rings. The maximum absolute atomic E-state index is 13.5. The fraction of sp³-hybridized carbons (Fsp3) is 0.300. The van der Waals surface area contributed by atoms with E-state index in [1.54, 1.807) is 6.92 Å². The topological polar surface area (TPSA) is 90.3 Å². The van der Waals surface area contributed by atoms with Gasteiger partial charge in [0.25, 0.3) is 5.56 Å². The van der Waals surface area contributed by atoms with Crippen molar-refractivity contribution in [3.63, 3.8) is 0 Å². The van der Waals surface area contributed by atoms with E-state index in [-0.39, 0.29) is 18.5 Å². The number of fused-ring (bicyclic) bond motifs is 1. The van der Waals surface area contributed by atoms with E-state index in [9.17, 15) is 18.8 Å². The molecule has 0 radical (unpaired) electrons. The Bertz CT molecular complexity index is 1170. The Labute approximate surface area is 169 Å². The number of benzene rings is 1. The summed E-state index contributed by atoms with van der Waals surface area (Å²) >= 11 is 1.26. The maximum Gasteiger partial charge on any atom is 0.341 e. The van der Waals surface area contributed by atoms with E-state index in [4.69, 9.17) is 4.74 Å². The van der Waals surface area contributed by atoms with Crippen molar-refractivity contribution in [2.24, 2.45) is 0 Å². The summed E-state index contributed by atoms with van der Waals surface area (Å²) in [5.74, 6) is -1.19. The summed E-state index contributed by atoms with van der Waals surface area (Å²) in [5, 5.41) is 5.07. The highest BCUT2D eigenvalue weighted by molar-refractivity contribution is 7.15. The molecule has 1 aromatic carbocycles. The standard InChI is InChI=1S/C20H18FN3O4S/c1-2-28-20(27)17-14(11-3-4-11)9-29-18(17)23-16(25)8-24-10-22-15-6-5-12(21)7-13(15)19(24)26/h5-7,9-11H,2-4,8H2,1H3,(H,23,25). The maximum atomic E-state index is 13.5. The number of hydrogen-bond acceptors (Lipinski definition) is 6. The number of amides is 1. The lowest BCUT2D eigenvalue weighted by molar-refractivity contribution is -0.116. The van der Waals surface area contributed by atoms with Gasteiger partial charge in [0.2, 0.25) is 5.91 Å². The molecule has 0 aliphatic heterocycles. The number of halogens is 1. The SMILES string of the molecule is CCOC(=O)c1c(C2CC2)csc1NC(=O)Cn1cnc2ccc(F)cc2c1=O. The third kappa shape index (κ3) is 3.91. The van der Waals surface area contributed by atoms with E-state index in [1.807, 2.05) is 5.38 Å². The molecule has 0 spiro atoms. The second-order valence-corrected chi connectivity index (χ2v) is 7.66. The summed E-state index contributed by atoms with van der Waals surface area (Å²) in [5.41, 5.74) is 1.12. The van der Waals surface area contributed by atoms with Gasteiger partial charge in [-0.15, -0.1) is 11.3 Å². The second-order valence-electron chi connectivity index (χ2n) is 6.78. The first kappa shape index (κ1) is 19.3. The van der Waals surface area contributed by atoms with Crippen LogP contribution in [0.3, 0.4) is 0 Å². The fourth-order valence-electron chi connectivity index (χ4n) is 3.14. The second kappa shape index (κ2) is 7.75. The van der Waals surface area contributed by atoms with Gasteiger partial charge in [0.15, 0.2) is 0 Å².